The van der Waals surface area contributed by atoms with Gasteiger partial charge in [-0.05, 0) is 52.2 Å². The first-order chi connectivity index (χ1) is 17.1. The van der Waals surface area contributed by atoms with Crippen LogP contribution < -0.4 is 16.0 Å². The average Bonchev–Trinajstić information content (AvgIpc) is 3.56. The van der Waals surface area contributed by atoms with Crippen molar-refractivity contribution in [1.29, 1.82) is 0 Å². The highest BCUT2D eigenvalue weighted by Crippen LogP contribution is 2.26. The Balaban J connectivity index is 1.56. The van der Waals surface area contributed by atoms with Crippen LogP contribution in [0.2, 0.25) is 0 Å². The molecule has 0 saturated carbocycles. The molecule has 4 rings (SSSR count). The number of para-hydroxylation sites is 1. The van der Waals surface area contributed by atoms with Gasteiger partial charge in [-0.25, -0.2) is 9.78 Å². The third-order valence-corrected chi connectivity index (χ3v) is 7.26. The predicted octanol–water partition coefficient (Wildman–Crippen LogP) is 2.42. The second-order valence-electron chi connectivity index (χ2n) is 10.2. The molecule has 2 aliphatic rings. The number of hydrogen-bond acceptors (Lipinski definition) is 8. The average molecular weight is 517 g/mol. The van der Waals surface area contributed by atoms with Crippen molar-refractivity contribution in [2.75, 3.05) is 19.8 Å². The molecule has 10 nitrogen and oxygen atoms in total. The van der Waals surface area contributed by atoms with Crippen LogP contribution >= 0.6 is 11.3 Å². The quantitative estimate of drug-likeness (QED) is 0.459. The summed E-state index contributed by atoms with van der Waals surface area (Å²) < 4.78 is 11.7. The minimum absolute atomic E-state index is 0.140. The summed E-state index contributed by atoms with van der Waals surface area (Å²) in [6.45, 7) is 6.51. The highest BCUT2D eigenvalue weighted by atomic mass is 32.1. The van der Waals surface area contributed by atoms with Gasteiger partial charge in [0.15, 0.2) is 5.01 Å². The van der Waals surface area contributed by atoms with Gasteiger partial charge in [-0.3, -0.25) is 14.4 Å². The summed E-state index contributed by atoms with van der Waals surface area (Å²) in [4.78, 5) is 56.3. The molecule has 36 heavy (non-hydrogen) atoms. The lowest BCUT2D eigenvalue weighted by Crippen LogP contribution is -2.55. The molecule has 1 aromatic heterocycles. The topological polar surface area (TPSA) is 136 Å². The summed E-state index contributed by atoms with van der Waals surface area (Å²) in [5, 5.41) is 8.53. The molecule has 11 heteroatoms. The number of aromatic nitrogens is 1. The molecule has 0 bridgehead atoms. The number of alkyl carbamates (subject to hydrolysis) is 1. The SMILES string of the molecule is CC(C)(C)OC(=O)NC(C(=O)N[C@@H](C[C@@H]1CCNC1=O)C(=O)c1nc2ccccc2s1)C1CCOC1. The van der Waals surface area contributed by atoms with E-state index in [0.29, 0.717) is 38.1 Å². The van der Waals surface area contributed by atoms with E-state index in [4.69, 9.17) is 9.47 Å². The maximum atomic E-state index is 13.6. The van der Waals surface area contributed by atoms with Gasteiger partial charge in [-0.15, -0.1) is 11.3 Å². The van der Waals surface area contributed by atoms with E-state index in [0.717, 1.165) is 4.70 Å². The Bertz CT molecular complexity index is 1100. The number of carbonyl (C=O) groups is 4. The van der Waals surface area contributed by atoms with Crippen LogP contribution in [0, 0.1) is 11.8 Å². The van der Waals surface area contributed by atoms with Gasteiger partial charge >= 0.3 is 6.09 Å². The summed E-state index contributed by atoms with van der Waals surface area (Å²) >= 11 is 1.25. The number of carbonyl (C=O) groups excluding carboxylic acids is 4. The lowest BCUT2D eigenvalue weighted by atomic mass is 9.94. The lowest BCUT2D eigenvalue weighted by Gasteiger charge is -2.28. The Kier molecular flexibility index (Phi) is 7.89. The molecule has 3 N–H and O–H groups in total. The molecule has 1 aromatic carbocycles. The predicted molar refractivity (Wildman–Crippen MR) is 134 cm³/mol. The lowest BCUT2D eigenvalue weighted by molar-refractivity contribution is -0.126. The minimum atomic E-state index is -0.975. The summed E-state index contributed by atoms with van der Waals surface area (Å²) in [5.41, 5.74) is -0.0412. The number of Topliss-reactive ketones (excluding diaryl/α,β-unsaturated/α-hetero) is 1. The molecule has 2 unspecified atom stereocenters. The fourth-order valence-corrected chi connectivity index (χ4v) is 5.38. The largest absolute Gasteiger partial charge is 0.444 e. The van der Waals surface area contributed by atoms with Gasteiger partial charge < -0.3 is 25.4 Å². The van der Waals surface area contributed by atoms with Crippen LogP contribution in [0.15, 0.2) is 24.3 Å². The van der Waals surface area contributed by atoms with Gasteiger partial charge in [0, 0.05) is 25.0 Å². The molecule has 4 atom stereocenters. The van der Waals surface area contributed by atoms with Crippen molar-refractivity contribution in [2.45, 2.75) is 57.7 Å². The summed E-state index contributed by atoms with van der Waals surface area (Å²) in [6.07, 6.45) is 0.579. The fourth-order valence-electron chi connectivity index (χ4n) is 4.42. The van der Waals surface area contributed by atoms with E-state index < -0.39 is 35.6 Å². The number of amides is 3. The number of rotatable bonds is 8. The molecule has 0 spiro atoms. The molecule has 3 amide bonds. The second-order valence-corrected chi connectivity index (χ2v) is 11.2. The normalized spacial score (nSPS) is 21.6. The van der Waals surface area contributed by atoms with E-state index in [1.165, 1.54) is 11.3 Å². The van der Waals surface area contributed by atoms with Crippen molar-refractivity contribution >= 4 is 45.2 Å². The highest BCUT2D eigenvalue weighted by molar-refractivity contribution is 7.20. The van der Waals surface area contributed by atoms with Crippen LogP contribution in [0.25, 0.3) is 10.2 Å². The number of fused-ring (bicyclic) bond motifs is 1. The Labute approximate surface area is 213 Å². The maximum absolute atomic E-state index is 13.6. The Hall–Kier alpha value is -3.05. The van der Waals surface area contributed by atoms with Crippen molar-refractivity contribution in [3.63, 3.8) is 0 Å². The molecule has 0 radical (unpaired) electrons. The molecular weight excluding hydrogens is 484 g/mol. The van der Waals surface area contributed by atoms with Crippen molar-refractivity contribution < 1.29 is 28.7 Å². The van der Waals surface area contributed by atoms with Crippen LogP contribution in [0.5, 0.6) is 0 Å². The molecule has 2 aromatic rings. The van der Waals surface area contributed by atoms with Gasteiger partial charge in [0.05, 0.1) is 22.9 Å². The minimum Gasteiger partial charge on any atom is -0.444 e. The van der Waals surface area contributed by atoms with Crippen molar-refractivity contribution in [1.82, 2.24) is 20.9 Å². The molecule has 2 aliphatic heterocycles. The molecule has 194 valence electrons. The monoisotopic (exact) mass is 516 g/mol. The standard InChI is InChI=1S/C25H32N4O6S/c1-25(2,3)35-24(33)29-19(15-9-11-34-13-15)22(32)27-17(12-14-8-10-26-21(14)31)20(30)23-28-16-6-4-5-7-18(16)36-23/h4-7,14-15,17,19H,8-13H2,1-3H3,(H,26,31)(H,27,32)(H,29,33)/t14-,15?,17-,19?/m0/s1. The summed E-state index contributed by atoms with van der Waals surface area (Å²) in [5.74, 6) is -1.69. The number of benzene rings is 1. The third kappa shape index (κ3) is 6.38. The number of ketones is 1. The van der Waals surface area contributed by atoms with Crippen molar-refractivity contribution in [3.05, 3.63) is 29.3 Å². The smallest absolute Gasteiger partial charge is 0.408 e. The van der Waals surface area contributed by atoms with Gasteiger partial charge in [-0.2, -0.15) is 0 Å². The first-order valence-electron chi connectivity index (χ1n) is 12.2. The molecule has 0 aliphatic carbocycles. The van der Waals surface area contributed by atoms with Crippen LogP contribution in [0.3, 0.4) is 0 Å². The zero-order chi connectivity index (χ0) is 25.9. The van der Waals surface area contributed by atoms with E-state index in [1.807, 2.05) is 24.3 Å². The van der Waals surface area contributed by atoms with Crippen LogP contribution in [0.1, 0.15) is 49.8 Å². The van der Waals surface area contributed by atoms with E-state index in [2.05, 4.69) is 20.9 Å². The summed E-state index contributed by atoms with van der Waals surface area (Å²) in [7, 11) is 0. The zero-order valence-corrected chi connectivity index (χ0v) is 21.5. The maximum Gasteiger partial charge on any atom is 0.408 e. The number of ether oxygens (including phenoxy) is 2. The van der Waals surface area contributed by atoms with Crippen molar-refractivity contribution in [3.8, 4) is 0 Å². The second kappa shape index (κ2) is 10.9. The van der Waals surface area contributed by atoms with Crippen molar-refractivity contribution in [2.24, 2.45) is 11.8 Å². The van der Waals surface area contributed by atoms with Crippen LogP contribution in [-0.2, 0) is 19.1 Å². The molecule has 3 heterocycles. The summed E-state index contributed by atoms with van der Waals surface area (Å²) in [6, 6.07) is 5.48. The number of thiazole rings is 1. The van der Waals surface area contributed by atoms with Gasteiger partial charge in [0.2, 0.25) is 17.6 Å². The first kappa shape index (κ1) is 26.0. The van der Waals surface area contributed by atoms with Crippen LogP contribution in [-0.4, -0.2) is 66.1 Å². The van der Waals surface area contributed by atoms with Crippen LogP contribution in [0.4, 0.5) is 4.79 Å². The molecular formula is C25H32N4O6S. The van der Waals surface area contributed by atoms with Gasteiger partial charge in [-0.1, -0.05) is 12.1 Å². The number of hydrogen-bond donors (Lipinski definition) is 3. The Morgan fingerprint density at radius 1 is 1.22 bits per heavy atom. The molecule has 2 saturated heterocycles. The van der Waals surface area contributed by atoms with Gasteiger partial charge in [0.25, 0.3) is 0 Å². The zero-order valence-electron chi connectivity index (χ0n) is 20.7. The Morgan fingerprint density at radius 3 is 2.64 bits per heavy atom. The fraction of sp³-hybridized carbons (Fsp3) is 0.560. The van der Waals surface area contributed by atoms with E-state index in [9.17, 15) is 19.2 Å². The molecule has 2 fully saturated rings. The Morgan fingerprint density at radius 2 is 2.00 bits per heavy atom. The number of nitrogens with one attached hydrogen (secondary N) is 3. The van der Waals surface area contributed by atoms with E-state index in [-0.39, 0.29) is 29.0 Å². The third-order valence-electron chi connectivity index (χ3n) is 6.21. The highest BCUT2D eigenvalue weighted by Gasteiger charge is 2.38. The van der Waals surface area contributed by atoms with E-state index >= 15 is 0 Å². The van der Waals surface area contributed by atoms with E-state index in [1.54, 1.807) is 20.8 Å². The van der Waals surface area contributed by atoms with Gasteiger partial charge in [0.1, 0.15) is 11.6 Å². The first-order valence-corrected chi connectivity index (χ1v) is 13.0. The number of nitrogens with zero attached hydrogens (tertiary/aromatic N) is 1.